The maximum atomic E-state index is 4.72. The molecule has 0 aliphatic carbocycles. The molecule has 0 unspecified atom stereocenters. The lowest BCUT2D eigenvalue weighted by Gasteiger charge is -2.28. The van der Waals surface area contributed by atoms with Gasteiger partial charge in [0.1, 0.15) is 0 Å². The predicted octanol–water partition coefficient (Wildman–Crippen LogP) is 14.1. The molecule has 0 aliphatic rings. The molecule has 7 rings (SSSR count). The van der Waals surface area contributed by atoms with Crippen molar-refractivity contribution in [2.24, 2.45) is 0 Å². The molecule has 0 saturated carbocycles. The molecule has 2 nitrogen and oxygen atoms in total. The molecule has 2 aromatic heterocycles. The highest BCUT2D eigenvalue weighted by molar-refractivity contribution is 8.32. The van der Waals surface area contributed by atoms with Crippen LogP contribution in [0, 0.1) is 0 Å². The highest BCUT2D eigenvalue weighted by atomic mass is 32.3. The molecule has 0 aliphatic heterocycles. The zero-order chi connectivity index (χ0) is 38.3. The van der Waals surface area contributed by atoms with Gasteiger partial charge in [-0.1, -0.05) is 139 Å². The lowest BCUT2D eigenvalue weighted by molar-refractivity contribution is 0.589. The van der Waals surface area contributed by atoms with Gasteiger partial charge in [-0.15, -0.1) is 0 Å². The third kappa shape index (κ3) is 7.98. The van der Waals surface area contributed by atoms with Gasteiger partial charge in [-0.2, -0.15) is 0 Å². The van der Waals surface area contributed by atoms with E-state index in [-0.39, 0.29) is 10.8 Å². The van der Waals surface area contributed by atoms with Crippen LogP contribution in [0.15, 0.2) is 157 Å². The van der Waals surface area contributed by atoms with Crippen LogP contribution in [0.4, 0.5) is 0 Å². The van der Waals surface area contributed by atoms with Crippen LogP contribution in [-0.2, 0) is 10.8 Å². The minimum absolute atomic E-state index is 0.0701. The zero-order valence-electron chi connectivity index (χ0n) is 33.2. The van der Waals surface area contributed by atoms with E-state index < -0.39 is 10.0 Å². The molecule has 7 aromatic rings. The highest BCUT2D eigenvalue weighted by Gasteiger charge is 2.19. The first-order valence-corrected chi connectivity index (χ1v) is 21.7. The highest BCUT2D eigenvalue weighted by Crippen LogP contribution is 2.49. The molecule has 5 aromatic carbocycles. The third-order valence-corrected chi connectivity index (χ3v) is 12.0. The molecule has 0 bridgehead atoms. The molecule has 0 radical (unpaired) electrons. The van der Waals surface area contributed by atoms with E-state index in [1.54, 1.807) is 0 Å². The first-order chi connectivity index (χ1) is 25.6. The normalized spacial score (nSPS) is 12.5. The molecule has 0 spiro atoms. The van der Waals surface area contributed by atoms with Crippen molar-refractivity contribution in [2.45, 2.75) is 57.3 Å². The van der Waals surface area contributed by atoms with E-state index in [4.69, 9.17) is 9.97 Å². The van der Waals surface area contributed by atoms with E-state index in [1.807, 2.05) is 12.4 Å². The van der Waals surface area contributed by atoms with Crippen molar-refractivity contribution >= 4 is 10.0 Å². The van der Waals surface area contributed by atoms with Gasteiger partial charge in [-0.25, -0.2) is 10.0 Å². The number of hydrogen-bond donors (Lipinski definition) is 0. The number of hydrogen-bond acceptors (Lipinski definition) is 2. The summed E-state index contributed by atoms with van der Waals surface area (Å²) in [5, 5.41) is 0. The van der Waals surface area contributed by atoms with Crippen LogP contribution in [0.3, 0.4) is 0 Å². The van der Waals surface area contributed by atoms with Crippen LogP contribution in [0.2, 0.25) is 0 Å². The Morgan fingerprint density at radius 2 is 0.704 bits per heavy atom. The molecule has 272 valence electrons. The van der Waals surface area contributed by atoms with Crippen LogP contribution in [0.1, 0.15) is 52.7 Å². The van der Waals surface area contributed by atoms with Gasteiger partial charge in [0, 0.05) is 23.5 Å². The minimum Gasteiger partial charge on any atom is -0.256 e. The van der Waals surface area contributed by atoms with Crippen LogP contribution in [-0.4, -0.2) is 28.7 Å². The third-order valence-electron chi connectivity index (χ3n) is 10.3. The van der Waals surface area contributed by atoms with Crippen LogP contribution in [0.25, 0.3) is 67.0 Å². The van der Waals surface area contributed by atoms with Crippen molar-refractivity contribution in [1.82, 2.24) is 9.97 Å². The van der Waals surface area contributed by atoms with Gasteiger partial charge in [0.05, 0.1) is 11.4 Å². The molecule has 0 fully saturated rings. The molecule has 0 amide bonds. The lowest BCUT2D eigenvalue weighted by atomic mass is 9.86. The molecule has 0 saturated heterocycles. The fraction of sp³-hybridized carbons (Fsp3) is 0.216. The monoisotopic (exact) mass is 724 g/mol. The summed E-state index contributed by atoms with van der Waals surface area (Å²) in [5.41, 5.74) is 16.8. The van der Waals surface area contributed by atoms with Gasteiger partial charge in [0.25, 0.3) is 0 Å². The van der Waals surface area contributed by atoms with Crippen molar-refractivity contribution in [3.8, 4) is 67.0 Å². The second-order valence-electron chi connectivity index (χ2n) is 17.2. The smallest absolute Gasteiger partial charge is 0.0704 e. The summed E-state index contributed by atoms with van der Waals surface area (Å²) >= 11 is 0. The predicted molar refractivity (Wildman–Crippen MR) is 236 cm³/mol. The Morgan fingerprint density at radius 1 is 0.370 bits per heavy atom. The topological polar surface area (TPSA) is 25.8 Å². The molecule has 2 heterocycles. The Labute approximate surface area is 324 Å². The van der Waals surface area contributed by atoms with Crippen LogP contribution >= 0.6 is 10.0 Å². The fourth-order valence-electron chi connectivity index (χ4n) is 6.99. The fourth-order valence-corrected chi connectivity index (χ4v) is 7.95. The number of nitrogens with zero attached hydrogens (tertiary/aromatic N) is 2. The summed E-state index contributed by atoms with van der Waals surface area (Å²) < 4.78 is 0. The minimum atomic E-state index is -1.03. The standard InChI is InChI=1S/C51H52N2S/c1-50(2,3)41-26-28-52-48(33-41)37-22-18-35(19-23-37)44-14-10-12-16-46(44)39-30-40(32-43(31-39)54(7,8)9)47-17-13-11-15-45(47)36-20-24-38(25-21-36)49-34-42(27-29-53-49)51(4,5)6/h10-34H,1-9H3. The van der Waals surface area contributed by atoms with E-state index in [0.29, 0.717) is 0 Å². The molecule has 3 heteroatoms. The van der Waals surface area contributed by atoms with Crippen molar-refractivity contribution in [2.75, 3.05) is 18.8 Å². The summed E-state index contributed by atoms with van der Waals surface area (Å²) in [6.45, 7) is 13.5. The Kier molecular flexibility index (Phi) is 9.98. The lowest BCUT2D eigenvalue weighted by Crippen LogP contribution is -2.11. The van der Waals surface area contributed by atoms with Crippen LogP contribution in [0.5, 0.6) is 0 Å². The first-order valence-electron chi connectivity index (χ1n) is 18.8. The molecule has 54 heavy (non-hydrogen) atoms. The summed E-state index contributed by atoms with van der Waals surface area (Å²) in [4.78, 5) is 10.8. The molecular weight excluding hydrogens is 673 g/mol. The van der Waals surface area contributed by atoms with Gasteiger partial charge in [0.15, 0.2) is 0 Å². The Balaban J connectivity index is 1.27. The summed E-state index contributed by atoms with van der Waals surface area (Å²) in [6.07, 6.45) is 11.0. The van der Waals surface area contributed by atoms with E-state index in [0.717, 1.165) is 22.5 Å². The second-order valence-corrected chi connectivity index (χ2v) is 21.3. The van der Waals surface area contributed by atoms with Crippen molar-refractivity contribution in [3.63, 3.8) is 0 Å². The van der Waals surface area contributed by atoms with E-state index in [1.165, 1.54) is 60.5 Å². The summed E-state index contributed by atoms with van der Waals surface area (Å²) in [6, 6.07) is 51.4. The average Bonchev–Trinajstić information content (AvgIpc) is 3.17. The van der Waals surface area contributed by atoms with Crippen molar-refractivity contribution in [1.29, 1.82) is 0 Å². The molecule has 0 N–H and O–H groups in total. The average molecular weight is 725 g/mol. The van der Waals surface area contributed by atoms with E-state index >= 15 is 0 Å². The van der Waals surface area contributed by atoms with E-state index in [9.17, 15) is 0 Å². The Morgan fingerprint density at radius 3 is 1.04 bits per heavy atom. The van der Waals surface area contributed by atoms with Crippen molar-refractivity contribution < 1.29 is 0 Å². The number of pyridine rings is 2. The number of aromatic nitrogens is 2. The Hall–Kier alpha value is -5.25. The maximum Gasteiger partial charge on any atom is 0.0704 e. The largest absolute Gasteiger partial charge is 0.256 e. The van der Waals surface area contributed by atoms with Gasteiger partial charge in [0.2, 0.25) is 0 Å². The maximum absolute atomic E-state index is 4.72. The number of benzene rings is 5. The van der Waals surface area contributed by atoms with Gasteiger partial charge in [-0.3, -0.25) is 9.97 Å². The number of rotatable bonds is 7. The van der Waals surface area contributed by atoms with Gasteiger partial charge < -0.3 is 0 Å². The van der Waals surface area contributed by atoms with Crippen molar-refractivity contribution in [3.05, 3.63) is 163 Å². The molecule has 0 atom stereocenters. The second kappa shape index (κ2) is 14.5. The zero-order valence-corrected chi connectivity index (χ0v) is 34.1. The quantitative estimate of drug-likeness (QED) is 0.164. The summed E-state index contributed by atoms with van der Waals surface area (Å²) in [5.74, 6) is 0. The SMILES string of the molecule is CC(C)(C)c1ccnc(-c2ccc(-c3ccccc3-c3cc(-c4ccccc4-c4ccc(-c5cc(C(C)(C)C)ccn5)cc4)cc(S(C)(C)C)c3)cc2)c1. The first kappa shape index (κ1) is 37.1. The summed E-state index contributed by atoms with van der Waals surface area (Å²) in [7, 11) is -1.03. The van der Waals surface area contributed by atoms with Gasteiger partial charge >= 0.3 is 0 Å². The molecular formula is C51H52N2S. The van der Waals surface area contributed by atoms with Crippen LogP contribution < -0.4 is 0 Å². The van der Waals surface area contributed by atoms with Gasteiger partial charge in [-0.05, 0) is 133 Å². The van der Waals surface area contributed by atoms with E-state index in [2.05, 4.69) is 200 Å². The Bertz CT molecular complexity index is 2260.